The molecule has 2 aromatic heterocycles. The van der Waals surface area contributed by atoms with Crippen LogP contribution in [0.4, 0.5) is 5.82 Å². The molecule has 0 aliphatic carbocycles. The van der Waals surface area contributed by atoms with Crippen LogP contribution >= 0.6 is 11.8 Å². The molecule has 0 aliphatic rings. The summed E-state index contributed by atoms with van der Waals surface area (Å²) < 4.78 is 7.13. The van der Waals surface area contributed by atoms with E-state index in [0.717, 1.165) is 12.2 Å². The van der Waals surface area contributed by atoms with Crippen LogP contribution in [0.3, 0.4) is 0 Å². The molecule has 0 amide bonds. The fourth-order valence-electron chi connectivity index (χ4n) is 2.26. The highest BCUT2D eigenvalue weighted by atomic mass is 32.2. The molecule has 0 aliphatic heterocycles. The maximum atomic E-state index is 12.0. The molecule has 3 aromatic rings. The molecule has 2 heterocycles. The molecule has 7 nitrogen and oxygen atoms in total. The number of aromatic nitrogens is 4. The van der Waals surface area contributed by atoms with Crippen molar-refractivity contribution >= 4 is 34.7 Å². The first kappa shape index (κ1) is 17.2. The summed E-state index contributed by atoms with van der Waals surface area (Å²) in [6, 6.07) is 8.90. The standard InChI is InChI=1S/C17H19N5O2S/c1-2-10-25-17-20-14(18)13-15(21-17)22(11-19-13)8-9-24-16(23)12-6-4-3-5-7-12/h3-7,11H,2,8-10H2,1H3,(H2,18,20,21). The number of hydrogen-bond acceptors (Lipinski definition) is 7. The monoisotopic (exact) mass is 357 g/mol. The van der Waals surface area contributed by atoms with Crippen LogP contribution in [0, 0.1) is 0 Å². The van der Waals surface area contributed by atoms with Gasteiger partial charge in [-0.1, -0.05) is 36.9 Å². The molecule has 8 heteroatoms. The fraction of sp³-hybridized carbons (Fsp3) is 0.294. The van der Waals surface area contributed by atoms with Gasteiger partial charge in [0.25, 0.3) is 0 Å². The molecule has 25 heavy (non-hydrogen) atoms. The zero-order valence-corrected chi connectivity index (χ0v) is 14.7. The van der Waals surface area contributed by atoms with Gasteiger partial charge in [0.1, 0.15) is 12.1 Å². The van der Waals surface area contributed by atoms with Crippen molar-refractivity contribution in [1.29, 1.82) is 0 Å². The van der Waals surface area contributed by atoms with E-state index in [1.54, 1.807) is 42.4 Å². The van der Waals surface area contributed by atoms with Gasteiger partial charge >= 0.3 is 5.97 Å². The van der Waals surface area contributed by atoms with Crippen molar-refractivity contribution in [3.8, 4) is 0 Å². The summed E-state index contributed by atoms with van der Waals surface area (Å²) in [7, 11) is 0. The van der Waals surface area contributed by atoms with E-state index in [1.807, 2.05) is 10.6 Å². The first-order valence-electron chi connectivity index (χ1n) is 8.02. The van der Waals surface area contributed by atoms with Gasteiger partial charge in [0, 0.05) is 5.75 Å². The number of nitrogen functional groups attached to an aromatic ring is 1. The van der Waals surface area contributed by atoms with E-state index in [4.69, 9.17) is 10.5 Å². The number of carbonyl (C=O) groups is 1. The van der Waals surface area contributed by atoms with Gasteiger partial charge in [0.2, 0.25) is 0 Å². The van der Waals surface area contributed by atoms with E-state index in [0.29, 0.717) is 34.2 Å². The number of hydrogen-bond donors (Lipinski definition) is 1. The molecule has 0 fully saturated rings. The second-order valence-corrected chi connectivity index (χ2v) is 6.41. The Morgan fingerprint density at radius 1 is 1.28 bits per heavy atom. The Bertz CT molecular complexity index is 866. The maximum absolute atomic E-state index is 12.0. The number of anilines is 1. The number of fused-ring (bicyclic) bond motifs is 1. The average Bonchev–Trinajstić information content (AvgIpc) is 3.04. The molecule has 0 bridgehead atoms. The van der Waals surface area contributed by atoms with Gasteiger partial charge in [-0.05, 0) is 18.6 Å². The molecule has 0 radical (unpaired) electrons. The van der Waals surface area contributed by atoms with Gasteiger partial charge in [-0.25, -0.2) is 19.7 Å². The fourth-order valence-corrected chi connectivity index (χ4v) is 2.96. The Hall–Kier alpha value is -2.61. The molecular formula is C17H19N5O2S. The van der Waals surface area contributed by atoms with E-state index < -0.39 is 0 Å². The first-order valence-corrected chi connectivity index (χ1v) is 9.01. The lowest BCUT2D eigenvalue weighted by Gasteiger charge is -2.07. The molecule has 0 unspecified atom stereocenters. The van der Waals surface area contributed by atoms with Gasteiger partial charge < -0.3 is 15.0 Å². The Balaban J connectivity index is 1.69. The van der Waals surface area contributed by atoms with E-state index in [9.17, 15) is 4.79 Å². The number of esters is 1. The third kappa shape index (κ3) is 4.08. The van der Waals surface area contributed by atoms with Crippen molar-refractivity contribution in [2.24, 2.45) is 0 Å². The topological polar surface area (TPSA) is 95.9 Å². The molecule has 1 aromatic carbocycles. The molecule has 0 saturated carbocycles. The van der Waals surface area contributed by atoms with Crippen molar-refractivity contribution in [1.82, 2.24) is 19.5 Å². The van der Waals surface area contributed by atoms with Crippen LogP contribution < -0.4 is 5.73 Å². The summed E-state index contributed by atoms with van der Waals surface area (Å²) in [6.07, 6.45) is 2.67. The summed E-state index contributed by atoms with van der Waals surface area (Å²) in [5.74, 6) is 0.940. The normalized spacial score (nSPS) is 10.9. The van der Waals surface area contributed by atoms with Crippen LogP contribution in [0.1, 0.15) is 23.7 Å². The van der Waals surface area contributed by atoms with Crippen LogP contribution in [0.25, 0.3) is 11.2 Å². The minimum absolute atomic E-state index is 0.223. The van der Waals surface area contributed by atoms with Gasteiger partial charge in [0.15, 0.2) is 16.6 Å². The highest BCUT2D eigenvalue weighted by Gasteiger charge is 2.12. The van der Waals surface area contributed by atoms with Crippen molar-refractivity contribution in [3.63, 3.8) is 0 Å². The SMILES string of the molecule is CCCSc1nc(N)c2ncn(CCOC(=O)c3ccccc3)c2n1. The number of ether oxygens (including phenoxy) is 1. The number of rotatable bonds is 7. The molecule has 0 saturated heterocycles. The van der Waals surface area contributed by atoms with E-state index >= 15 is 0 Å². The number of imidazole rings is 1. The lowest BCUT2D eigenvalue weighted by atomic mass is 10.2. The Kier molecular flexibility index (Phi) is 5.49. The second kappa shape index (κ2) is 7.98. The van der Waals surface area contributed by atoms with Gasteiger partial charge in [-0.3, -0.25) is 0 Å². The Morgan fingerprint density at radius 3 is 2.84 bits per heavy atom. The van der Waals surface area contributed by atoms with E-state index in [2.05, 4.69) is 21.9 Å². The van der Waals surface area contributed by atoms with Crippen molar-refractivity contribution in [3.05, 3.63) is 42.2 Å². The predicted molar refractivity (Wildman–Crippen MR) is 97.5 cm³/mol. The Labute approximate surface area is 149 Å². The minimum Gasteiger partial charge on any atom is -0.460 e. The maximum Gasteiger partial charge on any atom is 0.338 e. The van der Waals surface area contributed by atoms with Crippen LogP contribution in [-0.2, 0) is 11.3 Å². The zero-order chi connectivity index (χ0) is 17.6. The number of thioether (sulfide) groups is 1. The van der Waals surface area contributed by atoms with Crippen molar-refractivity contribution in [2.75, 3.05) is 18.1 Å². The first-order chi connectivity index (χ1) is 12.2. The van der Waals surface area contributed by atoms with Crippen LogP contribution in [-0.4, -0.2) is 37.8 Å². The van der Waals surface area contributed by atoms with Crippen molar-refractivity contribution in [2.45, 2.75) is 25.0 Å². The Morgan fingerprint density at radius 2 is 2.08 bits per heavy atom. The molecular weight excluding hydrogens is 338 g/mol. The molecule has 2 N–H and O–H groups in total. The molecule has 0 spiro atoms. The zero-order valence-electron chi connectivity index (χ0n) is 13.9. The second-order valence-electron chi connectivity index (χ2n) is 5.35. The number of nitrogens with zero attached hydrogens (tertiary/aromatic N) is 4. The minimum atomic E-state index is -0.349. The summed E-state index contributed by atoms with van der Waals surface area (Å²) in [5, 5.41) is 0.634. The summed E-state index contributed by atoms with van der Waals surface area (Å²) in [4.78, 5) is 25.0. The lowest BCUT2D eigenvalue weighted by molar-refractivity contribution is 0.0492. The van der Waals surface area contributed by atoms with Crippen molar-refractivity contribution < 1.29 is 9.53 Å². The quantitative estimate of drug-likeness (QED) is 0.394. The smallest absolute Gasteiger partial charge is 0.338 e. The largest absolute Gasteiger partial charge is 0.460 e. The number of benzene rings is 1. The lowest BCUT2D eigenvalue weighted by Crippen LogP contribution is -2.11. The summed E-state index contributed by atoms with van der Waals surface area (Å²) in [6.45, 7) is 2.77. The summed E-state index contributed by atoms with van der Waals surface area (Å²) in [5.41, 5.74) is 7.72. The number of nitrogens with two attached hydrogens (primary N) is 1. The molecule has 0 atom stereocenters. The van der Waals surface area contributed by atoms with Gasteiger partial charge in [0.05, 0.1) is 18.4 Å². The third-order valence-corrected chi connectivity index (χ3v) is 4.53. The third-order valence-electron chi connectivity index (χ3n) is 3.48. The van der Waals surface area contributed by atoms with E-state index in [1.165, 1.54) is 0 Å². The van der Waals surface area contributed by atoms with Gasteiger partial charge in [-0.15, -0.1) is 0 Å². The van der Waals surface area contributed by atoms with E-state index in [-0.39, 0.29) is 12.6 Å². The van der Waals surface area contributed by atoms with Crippen LogP contribution in [0.2, 0.25) is 0 Å². The van der Waals surface area contributed by atoms with Crippen LogP contribution in [0.15, 0.2) is 41.8 Å². The number of carbonyl (C=O) groups excluding carboxylic acids is 1. The molecule has 3 rings (SSSR count). The molecule has 130 valence electrons. The highest BCUT2D eigenvalue weighted by Crippen LogP contribution is 2.21. The summed E-state index contributed by atoms with van der Waals surface area (Å²) >= 11 is 1.56. The predicted octanol–water partition coefficient (Wildman–Crippen LogP) is 2.77. The van der Waals surface area contributed by atoms with Crippen LogP contribution in [0.5, 0.6) is 0 Å². The van der Waals surface area contributed by atoms with Gasteiger partial charge in [-0.2, -0.15) is 0 Å². The highest BCUT2D eigenvalue weighted by molar-refractivity contribution is 7.99. The average molecular weight is 357 g/mol.